The van der Waals surface area contributed by atoms with E-state index in [0.29, 0.717) is 12.1 Å². The minimum Gasteiger partial charge on any atom is -0.355 e. The molecule has 3 aromatic rings. The molecule has 0 aliphatic carbocycles. The van der Waals surface area contributed by atoms with Crippen molar-refractivity contribution in [3.05, 3.63) is 77.1 Å². The van der Waals surface area contributed by atoms with E-state index in [1.807, 2.05) is 24.3 Å². The van der Waals surface area contributed by atoms with Gasteiger partial charge in [-0.2, -0.15) is 0 Å². The number of amides is 1. The Morgan fingerprint density at radius 3 is 2.64 bits per heavy atom. The molecule has 1 heterocycles. The number of benzene rings is 2. The monoisotopic (exact) mass is 335 g/mol. The average Bonchev–Trinajstić information content (AvgIpc) is 3.09. The Balaban J connectivity index is 1.63. The Labute approximate surface area is 146 Å². The van der Waals surface area contributed by atoms with Crippen molar-refractivity contribution < 1.29 is 4.79 Å². The van der Waals surface area contributed by atoms with E-state index in [1.54, 1.807) is 17.8 Å². The largest absolute Gasteiger partial charge is 0.355 e. The third kappa shape index (κ3) is 4.50. The molecule has 0 saturated heterocycles. The number of rotatable bonds is 7. The first-order valence-corrected chi connectivity index (χ1v) is 8.36. The number of nitrogens with one attached hydrogen (secondary N) is 1. The molecule has 1 N–H and O–H groups in total. The molecule has 3 rings (SSSR count). The zero-order chi connectivity index (χ0) is 17.5. The molecule has 0 unspecified atom stereocenters. The van der Waals surface area contributed by atoms with Crippen LogP contribution < -0.4 is 5.32 Å². The molecular weight excluding hydrogens is 314 g/mol. The van der Waals surface area contributed by atoms with Crippen molar-refractivity contribution >= 4 is 5.91 Å². The Morgan fingerprint density at radius 2 is 1.84 bits per heavy atom. The fourth-order valence-electron chi connectivity index (χ4n) is 2.75. The van der Waals surface area contributed by atoms with Crippen LogP contribution in [0.15, 0.2) is 54.6 Å². The molecule has 128 valence electrons. The second-order valence-corrected chi connectivity index (χ2v) is 5.87. The zero-order valence-electron chi connectivity index (χ0n) is 14.2. The molecule has 0 bridgehead atoms. The maximum Gasteiger partial charge on any atom is 0.251 e. The molecule has 0 aliphatic heterocycles. The lowest BCUT2D eigenvalue weighted by molar-refractivity contribution is 0.0963. The molecule has 6 heteroatoms. The van der Waals surface area contributed by atoms with E-state index in [9.17, 15) is 4.79 Å². The van der Waals surface area contributed by atoms with Gasteiger partial charge in [0.05, 0.1) is 6.54 Å². The van der Waals surface area contributed by atoms with Gasteiger partial charge in [0.2, 0.25) is 0 Å². The number of hydrogen-bond acceptors (Lipinski definition) is 4. The molecule has 1 aromatic heterocycles. The van der Waals surface area contributed by atoms with Gasteiger partial charge in [0, 0.05) is 19.0 Å². The Bertz CT molecular complexity index is 829. The molecule has 0 atom stereocenters. The smallest absolute Gasteiger partial charge is 0.251 e. The van der Waals surface area contributed by atoms with Gasteiger partial charge in [0.15, 0.2) is 5.82 Å². The van der Waals surface area contributed by atoms with E-state index in [4.69, 9.17) is 0 Å². The van der Waals surface area contributed by atoms with Gasteiger partial charge in [-0.3, -0.25) is 4.79 Å². The standard InChI is InChI=1S/C19H21N5O/c1-20-19(25)17-11-5-10-16(13-17)14-24-18(21-22-23-24)12-6-9-15-7-3-2-4-8-15/h2-5,7-8,10-11,13H,6,9,12,14H2,1H3,(H,20,25). The van der Waals surface area contributed by atoms with E-state index in [0.717, 1.165) is 30.7 Å². The Hall–Kier alpha value is -3.02. The van der Waals surface area contributed by atoms with Gasteiger partial charge in [-0.25, -0.2) is 4.68 Å². The zero-order valence-corrected chi connectivity index (χ0v) is 14.2. The first-order chi connectivity index (χ1) is 12.3. The van der Waals surface area contributed by atoms with Crippen LogP contribution in [0.5, 0.6) is 0 Å². The first kappa shape index (κ1) is 16.8. The molecule has 0 fully saturated rings. The summed E-state index contributed by atoms with van der Waals surface area (Å²) in [6.07, 6.45) is 2.81. The highest BCUT2D eigenvalue weighted by molar-refractivity contribution is 5.94. The van der Waals surface area contributed by atoms with Gasteiger partial charge < -0.3 is 5.32 Å². The van der Waals surface area contributed by atoms with Gasteiger partial charge in [0.1, 0.15) is 0 Å². The highest BCUT2D eigenvalue weighted by Crippen LogP contribution is 2.10. The van der Waals surface area contributed by atoms with Crippen molar-refractivity contribution in [1.82, 2.24) is 25.5 Å². The Kier molecular flexibility index (Phi) is 5.51. The first-order valence-electron chi connectivity index (χ1n) is 8.36. The molecule has 0 saturated carbocycles. The molecule has 2 aromatic carbocycles. The summed E-state index contributed by atoms with van der Waals surface area (Å²) in [5.74, 6) is 0.767. The number of nitrogens with zero attached hydrogens (tertiary/aromatic N) is 4. The lowest BCUT2D eigenvalue weighted by atomic mass is 10.1. The van der Waals surface area contributed by atoms with Crippen molar-refractivity contribution in [3.63, 3.8) is 0 Å². The number of carbonyl (C=O) groups excluding carboxylic acids is 1. The summed E-state index contributed by atoms with van der Waals surface area (Å²) >= 11 is 0. The third-order valence-corrected chi connectivity index (χ3v) is 4.06. The SMILES string of the molecule is CNC(=O)c1cccc(Cn2nnnc2CCCc2ccccc2)c1. The molecule has 1 amide bonds. The summed E-state index contributed by atoms with van der Waals surface area (Å²) in [5.41, 5.74) is 2.95. The fourth-order valence-corrected chi connectivity index (χ4v) is 2.75. The molecule has 0 aliphatic rings. The van der Waals surface area contributed by atoms with Crippen LogP contribution in [0.3, 0.4) is 0 Å². The second-order valence-electron chi connectivity index (χ2n) is 5.87. The van der Waals surface area contributed by atoms with Gasteiger partial charge in [-0.1, -0.05) is 42.5 Å². The predicted octanol–water partition coefficient (Wildman–Crippen LogP) is 2.26. The third-order valence-electron chi connectivity index (χ3n) is 4.06. The molecule has 6 nitrogen and oxygen atoms in total. The number of tetrazole rings is 1. The van der Waals surface area contributed by atoms with Crippen LogP contribution in [-0.2, 0) is 19.4 Å². The van der Waals surface area contributed by atoms with Crippen LogP contribution in [0.25, 0.3) is 0 Å². The van der Waals surface area contributed by atoms with E-state index < -0.39 is 0 Å². The summed E-state index contributed by atoms with van der Waals surface area (Å²) < 4.78 is 1.80. The minimum atomic E-state index is -0.0957. The maximum atomic E-state index is 11.8. The summed E-state index contributed by atoms with van der Waals surface area (Å²) in [7, 11) is 1.63. The van der Waals surface area contributed by atoms with E-state index in [2.05, 4.69) is 45.1 Å². The topological polar surface area (TPSA) is 72.7 Å². The van der Waals surface area contributed by atoms with E-state index in [1.165, 1.54) is 5.56 Å². The highest BCUT2D eigenvalue weighted by atomic mass is 16.1. The van der Waals surface area contributed by atoms with Crippen LogP contribution >= 0.6 is 0 Å². The normalized spacial score (nSPS) is 10.6. The summed E-state index contributed by atoms with van der Waals surface area (Å²) in [6, 6.07) is 17.9. The van der Waals surface area contributed by atoms with Crippen molar-refractivity contribution in [2.45, 2.75) is 25.8 Å². The van der Waals surface area contributed by atoms with Gasteiger partial charge in [-0.15, -0.1) is 5.10 Å². The fraction of sp³-hybridized carbons (Fsp3) is 0.263. The van der Waals surface area contributed by atoms with Crippen LogP contribution in [0.1, 0.15) is 33.7 Å². The lowest BCUT2D eigenvalue weighted by Crippen LogP contribution is -2.18. The summed E-state index contributed by atoms with van der Waals surface area (Å²) in [6.45, 7) is 0.554. The van der Waals surface area contributed by atoms with Crippen LogP contribution in [0.4, 0.5) is 0 Å². The van der Waals surface area contributed by atoms with Crippen molar-refractivity contribution in [3.8, 4) is 0 Å². The van der Waals surface area contributed by atoms with Crippen LogP contribution in [0.2, 0.25) is 0 Å². The van der Waals surface area contributed by atoms with Crippen molar-refractivity contribution in [2.75, 3.05) is 7.05 Å². The van der Waals surface area contributed by atoms with Gasteiger partial charge >= 0.3 is 0 Å². The highest BCUT2D eigenvalue weighted by Gasteiger charge is 2.09. The summed E-state index contributed by atoms with van der Waals surface area (Å²) in [5, 5.41) is 14.7. The van der Waals surface area contributed by atoms with Crippen molar-refractivity contribution in [2.24, 2.45) is 0 Å². The number of carbonyl (C=O) groups is 1. The second kappa shape index (κ2) is 8.19. The quantitative estimate of drug-likeness (QED) is 0.719. The van der Waals surface area contributed by atoms with Crippen LogP contribution in [0, 0.1) is 0 Å². The lowest BCUT2D eigenvalue weighted by Gasteiger charge is -2.07. The van der Waals surface area contributed by atoms with Gasteiger partial charge in [0.25, 0.3) is 5.91 Å². The molecule has 0 radical (unpaired) electrons. The maximum absolute atomic E-state index is 11.8. The molecule has 25 heavy (non-hydrogen) atoms. The average molecular weight is 335 g/mol. The van der Waals surface area contributed by atoms with Gasteiger partial charge in [-0.05, 0) is 46.5 Å². The van der Waals surface area contributed by atoms with Crippen LogP contribution in [-0.4, -0.2) is 33.2 Å². The number of aryl methyl sites for hydroxylation is 2. The Morgan fingerprint density at radius 1 is 1.04 bits per heavy atom. The van der Waals surface area contributed by atoms with Crippen molar-refractivity contribution in [1.29, 1.82) is 0 Å². The van der Waals surface area contributed by atoms with E-state index in [-0.39, 0.29) is 5.91 Å². The summed E-state index contributed by atoms with van der Waals surface area (Å²) in [4.78, 5) is 11.8. The number of aromatic nitrogens is 4. The molecule has 0 spiro atoms. The minimum absolute atomic E-state index is 0.0957. The number of hydrogen-bond donors (Lipinski definition) is 1. The van der Waals surface area contributed by atoms with E-state index >= 15 is 0 Å². The molecular formula is C19H21N5O. The predicted molar refractivity (Wildman–Crippen MR) is 95.2 cm³/mol.